The van der Waals surface area contributed by atoms with Gasteiger partial charge < -0.3 is 14.4 Å². The summed E-state index contributed by atoms with van der Waals surface area (Å²) in [7, 11) is 1.66. The molecule has 0 saturated carbocycles. The number of aromatic nitrogens is 2. The van der Waals surface area contributed by atoms with E-state index in [0.717, 1.165) is 61.8 Å². The van der Waals surface area contributed by atoms with Crippen LogP contribution in [-0.2, 0) is 24.4 Å². The molecule has 4 rings (SSSR count). The van der Waals surface area contributed by atoms with Crippen LogP contribution in [0.5, 0.6) is 11.5 Å². The largest absolute Gasteiger partial charge is 0.497 e. The molecule has 1 aromatic carbocycles. The molecule has 2 atom stereocenters. The lowest BCUT2D eigenvalue weighted by atomic mass is 9.91. The lowest BCUT2D eigenvalue weighted by Crippen LogP contribution is -2.46. The summed E-state index contributed by atoms with van der Waals surface area (Å²) in [5, 5.41) is 4.60. The highest BCUT2D eigenvalue weighted by molar-refractivity contribution is 5.73. The molecule has 0 unspecified atom stereocenters. The average molecular weight is 427 g/mol. The zero-order valence-corrected chi connectivity index (χ0v) is 19.1. The second kappa shape index (κ2) is 9.30. The first-order valence-corrected chi connectivity index (χ1v) is 11.3. The number of nitrogens with zero attached hydrogens (tertiary/aromatic N) is 4. The van der Waals surface area contributed by atoms with Crippen molar-refractivity contribution in [1.82, 2.24) is 19.6 Å². The van der Waals surface area contributed by atoms with Crippen LogP contribution in [0.3, 0.4) is 0 Å². The van der Waals surface area contributed by atoms with E-state index in [9.17, 15) is 4.79 Å². The molecule has 3 heterocycles. The van der Waals surface area contributed by atoms with Crippen molar-refractivity contribution in [3.8, 4) is 11.5 Å². The topological polar surface area (TPSA) is 59.8 Å². The summed E-state index contributed by atoms with van der Waals surface area (Å²) in [4.78, 5) is 16.8. The number of amides is 1. The summed E-state index contributed by atoms with van der Waals surface area (Å²) in [5.74, 6) is 2.12. The third kappa shape index (κ3) is 4.87. The minimum Gasteiger partial charge on any atom is -0.497 e. The van der Waals surface area contributed by atoms with Crippen LogP contribution < -0.4 is 9.47 Å². The summed E-state index contributed by atoms with van der Waals surface area (Å²) < 4.78 is 13.9. The van der Waals surface area contributed by atoms with Gasteiger partial charge in [-0.1, -0.05) is 0 Å². The van der Waals surface area contributed by atoms with Gasteiger partial charge in [0.25, 0.3) is 0 Å². The number of piperidine rings is 1. The number of likely N-dealkylation sites (tertiary alicyclic amines) is 1. The van der Waals surface area contributed by atoms with E-state index in [2.05, 4.69) is 30.0 Å². The number of hydrogen-bond donors (Lipinski definition) is 0. The molecule has 0 aliphatic carbocycles. The molecule has 0 bridgehead atoms. The normalized spacial score (nSPS) is 21.9. The van der Waals surface area contributed by atoms with Crippen molar-refractivity contribution in [3.05, 3.63) is 41.2 Å². The smallest absolute Gasteiger partial charge is 0.219 e. The Hall–Kier alpha value is -2.54. The van der Waals surface area contributed by atoms with E-state index >= 15 is 0 Å². The number of hydrogen-bond acceptors (Lipinski definition) is 5. The zero-order chi connectivity index (χ0) is 22.0. The maximum Gasteiger partial charge on any atom is 0.219 e. The number of carbonyl (C=O) groups excluding carboxylic acids is 1. The van der Waals surface area contributed by atoms with Gasteiger partial charge in [-0.3, -0.25) is 14.4 Å². The van der Waals surface area contributed by atoms with Crippen molar-refractivity contribution in [1.29, 1.82) is 0 Å². The van der Waals surface area contributed by atoms with Crippen molar-refractivity contribution in [2.75, 3.05) is 26.7 Å². The number of methoxy groups -OCH3 is 1. The standard InChI is InChI=1S/C24H34N4O3/c1-5-28-15-21(17(2)25-28)13-26-10-6-7-19(12-26)24-16-27(18(3)29)14-20-11-22(30-4)8-9-23(20)31-24/h8-9,11,15,19,24H,5-7,10,12-14,16H2,1-4H3/t19-,24+/m0/s1. The van der Waals surface area contributed by atoms with Crippen LogP contribution in [0.1, 0.15) is 43.5 Å². The number of aryl methyl sites for hydroxylation is 2. The van der Waals surface area contributed by atoms with E-state index < -0.39 is 0 Å². The maximum absolute atomic E-state index is 12.3. The predicted molar refractivity (Wildman–Crippen MR) is 119 cm³/mol. The quantitative estimate of drug-likeness (QED) is 0.735. The zero-order valence-electron chi connectivity index (χ0n) is 19.1. The van der Waals surface area contributed by atoms with Crippen LogP contribution >= 0.6 is 0 Å². The van der Waals surface area contributed by atoms with Crippen LogP contribution in [0.25, 0.3) is 0 Å². The second-order valence-corrected chi connectivity index (χ2v) is 8.76. The summed E-state index contributed by atoms with van der Waals surface area (Å²) >= 11 is 0. The molecule has 1 aromatic heterocycles. The molecule has 7 nitrogen and oxygen atoms in total. The van der Waals surface area contributed by atoms with E-state index in [1.165, 1.54) is 5.56 Å². The van der Waals surface area contributed by atoms with Gasteiger partial charge in [0.05, 0.1) is 19.3 Å². The van der Waals surface area contributed by atoms with Crippen LogP contribution in [0.2, 0.25) is 0 Å². The Kier molecular flexibility index (Phi) is 6.51. The first-order chi connectivity index (χ1) is 15.0. The van der Waals surface area contributed by atoms with E-state index in [0.29, 0.717) is 19.0 Å². The first-order valence-electron chi connectivity index (χ1n) is 11.3. The molecule has 1 saturated heterocycles. The Morgan fingerprint density at radius 2 is 2.16 bits per heavy atom. The van der Waals surface area contributed by atoms with Crippen molar-refractivity contribution in [2.45, 2.75) is 59.4 Å². The van der Waals surface area contributed by atoms with Gasteiger partial charge >= 0.3 is 0 Å². The van der Waals surface area contributed by atoms with E-state index in [4.69, 9.17) is 9.47 Å². The van der Waals surface area contributed by atoms with E-state index in [1.807, 2.05) is 27.8 Å². The molecule has 2 aromatic rings. The SMILES string of the molecule is CCn1cc(CN2CCC[C@H]([C@H]3CN(C(C)=O)Cc4cc(OC)ccc4O3)C2)c(C)n1. The third-order valence-electron chi connectivity index (χ3n) is 6.59. The molecule has 0 radical (unpaired) electrons. The molecule has 168 valence electrons. The average Bonchev–Trinajstić information content (AvgIpc) is 3.01. The molecular weight excluding hydrogens is 392 g/mol. The first kappa shape index (κ1) is 21.7. The lowest BCUT2D eigenvalue weighted by Gasteiger charge is -2.37. The monoisotopic (exact) mass is 426 g/mol. The van der Waals surface area contributed by atoms with Crippen molar-refractivity contribution >= 4 is 5.91 Å². The Labute approximate surface area is 184 Å². The fourth-order valence-electron chi connectivity index (χ4n) is 4.75. The number of ether oxygens (including phenoxy) is 2. The van der Waals surface area contributed by atoms with Crippen molar-refractivity contribution in [3.63, 3.8) is 0 Å². The highest BCUT2D eigenvalue weighted by Crippen LogP contribution is 2.33. The van der Waals surface area contributed by atoms with Gasteiger partial charge in [-0.25, -0.2) is 0 Å². The summed E-state index contributed by atoms with van der Waals surface area (Å²) in [6, 6.07) is 5.89. The minimum atomic E-state index is -0.0131. The van der Waals surface area contributed by atoms with Crippen LogP contribution in [0.15, 0.2) is 24.4 Å². The molecule has 2 aliphatic heterocycles. The van der Waals surface area contributed by atoms with Crippen LogP contribution in [0.4, 0.5) is 0 Å². The number of carbonyl (C=O) groups is 1. The van der Waals surface area contributed by atoms with Gasteiger partial charge in [0.15, 0.2) is 0 Å². The Morgan fingerprint density at radius 1 is 1.32 bits per heavy atom. The second-order valence-electron chi connectivity index (χ2n) is 8.76. The van der Waals surface area contributed by atoms with Crippen LogP contribution in [0, 0.1) is 12.8 Å². The van der Waals surface area contributed by atoms with Crippen molar-refractivity contribution in [2.24, 2.45) is 5.92 Å². The molecule has 7 heteroatoms. The van der Waals surface area contributed by atoms with Gasteiger partial charge in [0, 0.05) is 56.3 Å². The Morgan fingerprint density at radius 3 is 2.87 bits per heavy atom. The lowest BCUT2D eigenvalue weighted by molar-refractivity contribution is -0.130. The molecule has 31 heavy (non-hydrogen) atoms. The fourth-order valence-corrected chi connectivity index (χ4v) is 4.75. The molecule has 0 N–H and O–H groups in total. The molecular formula is C24H34N4O3. The molecule has 0 spiro atoms. The highest BCUT2D eigenvalue weighted by atomic mass is 16.5. The number of benzene rings is 1. The minimum absolute atomic E-state index is 0.0131. The maximum atomic E-state index is 12.3. The summed E-state index contributed by atoms with van der Waals surface area (Å²) in [6.07, 6.45) is 4.41. The Balaban J connectivity index is 1.51. The molecule has 1 amide bonds. The number of rotatable bonds is 5. The van der Waals surface area contributed by atoms with Gasteiger partial charge in [0.2, 0.25) is 5.91 Å². The van der Waals surface area contributed by atoms with Gasteiger partial charge in [0.1, 0.15) is 17.6 Å². The highest BCUT2D eigenvalue weighted by Gasteiger charge is 2.34. The van der Waals surface area contributed by atoms with Gasteiger partial charge in [-0.05, 0) is 51.4 Å². The summed E-state index contributed by atoms with van der Waals surface area (Å²) in [6.45, 7) is 10.9. The van der Waals surface area contributed by atoms with Gasteiger partial charge in [-0.15, -0.1) is 0 Å². The number of fused-ring (bicyclic) bond motifs is 1. The van der Waals surface area contributed by atoms with Crippen LogP contribution in [-0.4, -0.2) is 58.3 Å². The third-order valence-corrected chi connectivity index (χ3v) is 6.59. The fraction of sp³-hybridized carbons (Fsp3) is 0.583. The molecule has 1 fully saturated rings. The van der Waals surface area contributed by atoms with Gasteiger partial charge in [-0.2, -0.15) is 5.10 Å². The molecule has 2 aliphatic rings. The summed E-state index contributed by atoms with van der Waals surface area (Å²) in [5.41, 5.74) is 3.42. The Bertz CT molecular complexity index is 926. The van der Waals surface area contributed by atoms with E-state index in [1.54, 1.807) is 14.0 Å². The van der Waals surface area contributed by atoms with Crippen molar-refractivity contribution < 1.29 is 14.3 Å². The predicted octanol–water partition coefficient (Wildman–Crippen LogP) is 3.24. The van der Waals surface area contributed by atoms with E-state index in [-0.39, 0.29) is 12.0 Å².